The van der Waals surface area contributed by atoms with Gasteiger partial charge in [-0.3, -0.25) is 0 Å². The first kappa shape index (κ1) is 13.4. The first-order valence-corrected chi connectivity index (χ1v) is 7.16. The smallest absolute Gasteiger partial charge is 0.0371 e. The molecule has 2 nitrogen and oxygen atoms in total. The second-order valence-electron chi connectivity index (χ2n) is 5.71. The van der Waals surface area contributed by atoms with Crippen molar-refractivity contribution in [2.45, 2.75) is 52.6 Å². The summed E-state index contributed by atoms with van der Waals surface area (Å²) in [5, 5.41) is 0. The molecule has 3 unspecified atom stereocenters. The average Bonchev–Trinajstić information content (AvgIpc) is 2.36. The van der Waals surface area contributed by atoms with Crippen molar-refractivity contribution in [3.05, 3.63) is 29.3 Å². The number of nitrogens with zero attached hydrogens (tertiary/aromatic N) is 1. The lowest BCUT2D eigenvalue weighted by molar-refractivity contribution is 0.315. The molecular weight excluding hydrogens is 220 g/mol. The summed E-state index contributed by atoms with van der Waals surface area (Å²) in [7, 11) is 0. The van der Waals surface area contributed by atoms with Crippen LogP contribution in [0.2, 0.25) is 0 Å². The summed E-state index contributed by atoms with van der Waals surface area (Å²) >= 11 is 0. The first-order valence-electron chi connectivity index (χ1n) is 7.16. The molecule has 1 aromatic rings. The molecule has 0 aromatic heterocycles. The fourth-order valence-electron chi connectivity index (χ4n) is 3.02. The van der Waals surface area contributed by atoms with Crippen molar-refractivity contribution in [1.29, 1.82) is 0 Å². The van der Waals surface area contributed by atoms with Gasteiger partial charge in [-0.2, -0.15) is 0 Å². The predicted octanol–water partition coefficient (Wildman–Crippen LogP) is 3.12. The fraction of sp³-hybridized carbons (Fsp3) is 0.625. The minimum Gasteiger partial charge on any atom is -0.368 e. The highest BCUT2D eigenvalue weighted by molar-refractivity contribution is 5.52. The highest BCUT2D eigenvalue weighted by atomic mass is 15.2. The summed E-state index contributed by atoms with van der Waals surface area (Å²) in [5.41, 5.74) is 10.4. The van der Waals surface area contributed by atoms with E-state index in [9.17, 15) is 0 Å². The topological polar surface area (TPSA) is 29.3 Å². The van der Waals surface area contributed by atoms with E-state index in [0.717, 1.165) is 19.4 Å². The molecule has 0 radical (unpaired) electrons. The van der Waals surface area contributed by atoms with Crippen molar-refractivity contribution in [1.82, 2.24) is 0 Å². The molecule has 100 valence electrons. The van der Waals surface area contributed by atoms with Crippen molar-refractivity contribution in [3.8, 4) is 0 Å². The second-order valence-corrected chi connectivity index (χ2v) is 5.71. The maximum Gasteiger partial charge on any atom is 0.0371 e. The number of benzene rings is 1. The number of hydrogen-bond donors (Lipinski definition) is 1. The molecule has 1 fully saturated rings. The van der Waals surface area contributed by atoms with Crippen LogP contribution in [0.25, 0.3) is 0 Å². The number of piperidine rings is 1. The number of rotatable bonds is 2. The fourth-order valence-corrected chi connectivity index (χ4v) is 3.02. The van der Waals surface area contributed by atoms with Crippen LogP contribution in [-0.2, 0) is 6.42 Å². The van der Waals surface area contributed by atoms with Gasteiger partial charge in [0.2, 0.25) is 0 Å². The van der Waals surface area contributed by atoms with Gasteiger partial charge in [-0.1, -0.05) is 19.9 Å². The maximum atomic E-state index is 6.16. The molecule has 2 heteroatoms. The Morgan fingerprint density at radius 2 is 2.06 bits per heavy atom. The van der Waals surface area contributed by atoms with Gasteiger partial charge in [0.1, 0.15) is 0 Å². The summed E-state index contributed by atoms with van der Waals surface area (Å²) in [6.07, 6.45) is 2.21. The van der Waals surface area contributed by atoms with Gasteiger partial charge < -0.3 is 10.6 Å². The SMILES string of the molecule is CCc1ccc(N2CCC(N)C(C)C2C)cc1C. The van der Waals surface area contributed by atoms with Gasteiger partial charge in [-0.05, 0) is 55.9 Å². The summed E-state index contributed by atoms with van der Waals surface area (Å²) in [6.45, 7) is 10.1. The molecule has 0 saturated carbocycles. The Bertz CT molecular complexity index is 414. The van der Waals surface area contributed by atoms with Crippen LogP contribution < -0.4 is 10.6 Å². The van der Waals surface area contributed by atoms with Gasteiger partial charge >= 0.3 is 0 Å². The van der Waals surface area contributed by atoms with Gasteiger partial charge in [0.15, 0.2) is 0 Å². The van der Waals surface area contributed by atoms with Crippen LogP contribution in [0.3, 0.4) is 0 Å². The third kappa shape index (κ3) is 2.39. The molecule has 0 aliphatic carbocycles. The Morgan fingerprint density at radius 3 is 2.67 bits per heavy atom. The van der Waals surface area contributed by atoms with E-state index in [4.69, 9.17) is 5.73 Å². The molecule has 1 aliphatic rings. The van der Waals surface area contributed by atoms with Crippen LogP contribution in [0, 0.1) is 12.8 Å². The molecule has 1 aliphatic heterocycles. The third-order valence-corrected chi connectivity index (χ3v) is 4.67. The van der Waals surface area contributed by atoms with Crippen LogP contribution in [0.4, 0.5) is 5.69 Å². The Kier molecular flexibility index (Phi) is 3.96. The zero-order valence-electron chi connectivity index (χ0n) is 12.1. The van der Waals surface area contributed by atoms with Crippen molar-refractivity contribution >= 4 is 5.69 Å². The highest BCUT2D eigenvalue weighted by Crippen LogP contribution is 2.29. The Hall–Kier alpha value is -1.02. The van der Waals surface area contributed by atoms with E-state index in [1.807, 2.05) is 0 Å². The van der Waals surface area contributed by atoms with Crippen LogP contribution in [0.1, 0.15) is 38.3 Å². The molecule has 2 rings (SSSR count). The van der Waals surface area contributed by atoms with E-state index in [1.54, 1.807) is 0 Å². The van der Waals surface area contributed by atoms with E-state index in [2.05, 4.69) is 50.8 Å². The zero-order valence-corrected chi connectivity index (χ0v) is 12.1. The minimum absolute atomic E-state index is 0.354. The normalized spacial score (nSPS) is 28.5. The molecule has 1 heterocycles. The molecular formula is C16H26N2. The van der Waals surface area contributed by atoms with E-state index in [1.165, 1.54) is 16.8 Å². The lowest BCUT2D eigenvalue weighted by Gasteiger charge is -2.43. The third-order valence-electron chi connectivity index (χ3n) is 4.67. The second kappa shape index (κ2) is 5.31. The molecule has 1 saturated heterocycles. The average molecular weight is 246 g/mol. The summed E-state index contributed by atoms with van der Waals surface area (Å²) < 4.78 is 0. The zero-order chi connectivity index (χ0) is 13.3. The van der Waals surface area contributed by atoms with E-state index >= 15 is 0 Å². The summed E-state index contributed by atoms with van der Waals surface area (Å²) in [6, 6.07) is 7.76. The standard InChI is InChI=1S/C16H26N2/c1-5-14-6-7-15(10-11(14)2)18-9-8-16(17)12(3)13(18)4/h6-7,10,12-13,16H,5,8-9,17H2,1-4H3. The van der Waals surface area contributed by atoms with Crippen LogP contribution in [0.15, 0.2) is 18.2 Å². The molecule has 0 bridgehead atoms. The van der Waals surface area contributed by atoms with Crippen molar-refractivity contribution in [2.24, 2.45) is 11.7 Å². The molecule has 3 atom stereocenters. The Morgan fingerprint density at radius 1 is 1.33 bits per heavy atom. The lowest BCUT2D eigenvalue weighted by Crippen LogP contribution is -2.51. The lowest BCUT2D eigenvalue weighted by atomic mass is 9.87. The molecule has 0 spiro atoms. The number of anilines is 1. The molecule has 18 heavy (non-hydrogen) atoms. The van der Waals surface area contributed by atoms with Crippen LogP contribution in [0.5, 0.6) is 0 Å². The highest BCUT2D eigenvalue weighted by Gasteiger charge is 2.30. The van der Waals surface area contributed by atoms with Gasteiger partial charge in [0, 0.05) is 24.3 Å². The predicted molar refractivity (Wildman–Crippen MR) is 79.1 cm³/mol. The maximum absolute atomic E-state index is 6.16. The van der Waals surface area contributed by atoms with E-state index in [-0.39, 0.29) is 0 Å². The van der Waals surface area contributed by atoms with Crippen LogP contribution >= 0.6 is 0 Å². The van der Waals surface area contributed by atoms with E-state index in [0.29, 0.717) is 18.0 Å². The van der Waals surface area contributed by atoms with Crippen LogP contribution in [-0.4, -0.2) is 18.6 Å². The monoisotopic (exact) mass is 246 g/mol. The van der Waals surface area contributed by atoms with Crippen molar-refractivity contribution < 1.29 is 0 Å². The van der Waals surface area contributed by atoms with E-state index < -0.39 is 0 Å². The molecule has 1 aromatic carbocycles. The largest absolute Gasteiger partial charge is 0.368 e. The Labute approximate surface area is 111 Å². The van der Waals surface area contributed by atoms with Gasteiger partial charge in [0.25, 0.3) is 0 Å². The first-order chi connectivity index (χ1) is 8.54. The number of hydrogen-bond acceptors (Lipinski definition) is 2. The van der Waals surface area contributed by atoms with Gasteiger partial charge in [0.05, 0.1) is 0 Å². The van der Waals surface area contributed by atoms with Crippen molar-refractivity contribution in [2.75, 3.05) is 11.4 Å². The quantitative estimate of drug-likeness (QED) is 0.868. The summed E-state index contributed by atoms with van der Waals surface area (Å²) in [5.74, 6) is 0.560. The molecule has 0 amide bonds. The summed E-state index contributed by atoms with van der Waals surface area (Å²) in [4.78, 5) is 2.51. The van der Waals surface area contributed by atoms with Crippen molar-refractivity contribution in [3.63, 3.8) is 0 Å². The van der Waals surface area contributed by atoms with Gasteiger partial charge in [-0.15, -0.1) is 0 Å². The number of aryl methyl sites for hydroxylation is 2. The minimum atomic E-state index is 0.354. The molecule has 2 N–H and O–H groups in total. The number of nitrogens with two attached hydrogens (primary N) is 1. The Balaban J connectivity index is 2.23. The van der Waals surface area contributed by atoms with Gasteiger partial charge in [-0.25, -0.2) is 0 Å².